The Kier molecular flexibility index (Phi) is 3.15. The molecule has 0 amide bonds. The SMILES string of the molecule is CCOC(=O)Cc1c#cc(O)cc1. The van der Waals surface area contributed by atoms with E-state index in [0.29, 0.717) is 12.2 Å². The summed E-state index contributed by atoms with van der Waals surface area (Å²) < 4.78 is 4.74. The standard InChI is InChI=1S/C10H10O3/c1-2-13-10(12)7-8-3-5-9(11)6-4-8/h3,5,11H,2,7H2,1H3. The predicted molar refractivity (Wildman–Crippen MR) is 46.1 cm³/mol. The smallest absolute Gasteiger partial charge is 0.310 e. The Labute approximate surface area is 77.0 Å². The number of carbonyl (C=O) groups is 1. The minimum Gasteiger partial charge on any atom is -0.501 e. The molecule has 0 aliphatic heterocycles. The van der Waals surface area contributed by atoms with Crippen LogP contribution in [0.4, 0.5) is 0 Å². The lowest BCUT2D eigenvalue weighted by Gasteiger charge is -1.98. The monoisotopic (exact) mass is 178 g/mol. The van der Waals surface area contributed by atoms with Crippen molar-refractivity contribution in [3.8, 4) is 5.75 Å². The Morgan fingerprint density at radius 1 is 1.54 bits per heavy atom. The Bertz CT molecular complexity index is 277. The summed E-state index contributed by atoms with van der Waals surface area (Å²) in [5.41, 5.74) is 0.663. The first-order chi connectivity index (χ1) is 6.22. The van der Waals surface area contributed by atoms with E-state index in [1.165, 1.54) is 6.07 Å². The van der Waals surface area contributed by atoms with Gasteiger partial charge in [-0.3, -0.25) is 4.79 Å². The second-order valence-corrected chi connectivity index (χ2v) is 2.48. The van der Waals surface area contributed by atoms with Gasteiger partial charge in [-0.25, -0.2) is 0 Å². The summed E-state index contributed by atoms with van der Waals surface area (Å²) in [6, 6.07) is 8.20. The first kappa shape index (κ1) is 9.40. The Morgan fingerprint density at radius 2 is 2.31 bits per heavy atom. The van der Waals surface area contributed by atoms with Crippen molar-refractivity contribution in [1.29, 1.82) is 0 Å². The highest BCUT2D eigenvalue weighted by molar-refractivity contribution is 5.72. The lowest BCUT2D eigenvalue weighted by molar-refractivity contribution is -0.142. The zero-order valence-electron chi connectivity index (χ0n) is 7.33. The van der Waals surface area contributed by atoms with E-state index >= 15 is 0 Å². The average Bonchev–Trinajstić information content (AvgIpc) is 2.09. The summed E-state index contributed by atoms with van der Waals surface area (Å²) in [6.45, 7) is 2.13. The van der Waals surface area contributed by atoms with Crippen molar-refractivity contribution >= 4 is 5.97 Å². The summed E-state index contributed by atoms with van der Waals surface area (Å²) >= 11 is 0. The Morgan fingerprint density at radius 3 is 2.85 bits per heavy atom. The fraction of sp³-hybridized carbons (Fsp3) is 0.300. The van der Waals surface area contributed by atoms with E-state index in [0.717, 1.165) is 0 Å². The van der Waals surface area contributed by atoms with Gasteiger partial charge >= 0.3 is 5.97 Å². The number of esters is 1. The summed E-state index contributed by atoms with van der Waals surface area (Å²) in [4.78, 5) is 11.0. The average molecular weight is 178 g/mol. The van der Waals surface area contributed by atoms with Crippen LogP contribution in [0.15, 0.2) is 12.1 Å². The van der Waals surface area contributed by atoms with Gasteiger partial charge in [0.25, 0.3) is 0 Å². The number of aromatic hydroxyl groups is 1. The molecule has 3 heteroatoms. The molecule has 13 heavy (non-hydrogen) atoms. The summed E-state index contributed by atoms with van der Waals surface area (Å²) in [5.74, 6) is -0.273. The van der Waals surface area contributed by atoms with E-state index < -0.39 is 0 Å². The fourth-order valence-corrected chi connectivity index (χ4v) is 0.878. The van der Waals surface area contributed by atoms with Crippen molar-refractivity contribution in [2.45, 2.75) is 13.3 Å². The van der Waals surface area contributed by atoms with Gasteiger partial charge < -0.3 is 9.84 Å². The van der Waals surface area contributed by atoms with Crippen LogP contribution in [0.5, 0.6) is 5.75 Å². The first-order valence-corrected chi connectivity index (χ1v) is 4.00. The number of hydrogen-bond acceptors (Lipinski definition) is 3. The molecule has 0 saturated heterocycles. The third kappa shape index (κ3) is 3.04. The van der Waals surface area contributed by atoms with Gasteiger partial charge in [-0.05, 0) is 25.1 Å². The molecule has 0 fully saturated rings. The van der Waals surface area contributed by atoms with Crippen molar-refractivity contribution < 1.29 is 14.6 Å². The highest BCUT2D eigenvalue weighted by atomic mass is 16.5. The van der Waals surface area contributed by atoms with Crippen LogP contribution in [-0.4, -0.2) is 17.7 Å². The second kappa shape index (κ2) is 4.36. The molecule has 3 nitrogen and oxygen atoms in total. The van der Waals surface area contributed by atoms with Crippen LogP contribution in [0.25, 0.3) is 0 Å². The molecule has 0 saturated carbocycles. The van der Waals surface area contributed by atoms with Gasteiger partial charge in [0, 0.05) is 5.56 Å². The Hall–Kier alpha value is -1.69. The lowest BCUT2D eigenvalue weighted by Crippen LogP contribution is -2.06. The quantitative estimate of drug-likeness (QED) is 0.705. The van der Waals surface area contributed by atoms with Gasteiger partial charge in [0.15, 0.2) is 5.75 Å². The van der Waals surface area contributed by atoms with Crippen molar-refractivity contribution in [2.75, 3.05) is 6.61 Å². The van der Waals surface area contributed by atoms with Gasteiger partial charge in [0.2, 0.25) is 0 Å². The van der Waals surface area contributed by atoms with E-state index in [-0.39, 0.29) is 18.1 Å². The van der Waals surface area contributed by atoms with Crippen LogP contribution in [0, 0.1) is 12.1 Å². The maximum absolute atomic E-state index is 11.0. The van der Waals surface area contributed by atoms with Crippen LogP contribution < -0.4 is 0 Å². The zero-order valence-corrected chi connectivity index (χ0v) is 7.33. The molecular formula is C10H10O3. The molecule has 0 unspecified atom stereocenters. The molecule has 0 heterocycles. The minimum atomic E-state index is -0.294. The highest BCUT2D eigenvalue weighted by Crippen LogP contribution is 2.04. The van der Waals surface area contributed by atoms with Crippen molar-refractivity contribution in [2.24, 2.45) is 0 Å². The summed E-state index contributed by atoms with van der Waals surface area (Å²) in [6.07, 6.45) is 0.171. The van der Waals surface area contributed by atoms with Crippen molar-refractivity contribution in [1.82, 2.24) is 0 Å². The minimum absolute atomic E-state index is 0.0209. The van der Waals surface area contributed by atoms with Gasteiger partial charge in [0.1, 0.15) is 0 Å². The summed E-state index contributed by atoms with van der Waals surface area (Å²) in [7, 11) is 0. The van der Waals surface area contributed by atoms with Gasteiger partial charge in [-0.1, -0.05) is 6.07 Å². The van der Waals surface area contributed by atoms with Gasteiger partial charge in [0.05, 0.1) is 13.0 Å². The van der Waals surface area contributed by atoms with Crippen LogP contribution in [0.3, 0.4) is 0 Å². The number of carbonyl (C=O) groups excluding carboxylic acids is 1. The molecule has 0 aliphatic rings. The largest absolute Gasteiger partial charge is 0.501 e. The van der Waals surface area contributed by atoms with Crippen LogP contribution in [0.1, 0.15) is 12.5 Å². The molecule has 1 aromatic rings. The van der Waals surface area contributed by atoms with E-state index in [1.807, 2.05) is 0 Å². The highest BCUT2D eigenvalue weighted by Gasteiger charge is 2.02. The van der Waals surface area contributed by atoms with E-state index in [1.54, 1.807) is 13.0 Å². The normalized spacial score (nSPS) is 9.00. The fourth-order valence-electron chi connectivity index (χ4n) is 0.878. The van der Waals surface area contributed by atoms with Crippen LogP contribution >= 0.6 is 0 Å². The number of ether oxygens (including phenoxy) is 1. The molecule has 0 aromatic heterocycles. The van der Waals surface area contributed by atoms with E-state index in [9.17, 15) is 4.79 Å². The molecular weight excluding hydrogens is 168 g/mol. The third-order valence-corrected chi connectivity index (χ3v) is 1.43. The first-order valence-electron chi connectivity index (χ1n) is 4.00. The molecule has 1 aromatic carbocycles. The van der Waals surface area contributed by atoms with Crippen molar-refractivity contribution in [3.63, 3.8) is 0 Å². The number of rotatable bonds is 3. The van der Waals surface area contributed by atoms with Gasteiger partial charge in [-0.2, -0.15) is 0 Å². The lowest BCUT2D eigenvalue weighted by atomic mass is 10.2. The maximum atomic E-state index is 11.0. The molecule has 0 atom stereocenters. The van der Waals surface area contributed by atoms with Crippen LogP contribution in [-0.2, 0) is 16.0 Å². The number of hydrogen-bond donors (Lipinski definition) is 1. The van der Waals surface area contributed by atoms with Crippen molar-refractivity contribution in [3.05, 3.63) is 29.8 Å². The topological polar surface area (TPSA) is 46.5 Å². The zero-order chi connectivity index (χ0) is 9.68. The molecule has 0 aliphatic carbocycles. The van der Waals surface area contributed by atoms with E-state index in [2.05, 4.69) is 12.1 Å². The van der Waals surface area contributed by atoms with E-state index in [4.69, 9.17) is 9.84 Å². The Balaban J connectivity index is 2.54. The molecule has 0 bridgehead atoms. The molecule has 0 radical (unpaired) electrons. The third-order valence-electron chi connectivity index (χ3n) is 1.43. The predicted octanol–water partition coefficient (Wildman–Crippen LogP) is 1.10. The summed E-state index contributed by atoms with van der Waals surface area (Å²) in [5, 5.41) is 8.89. The molecule has 0 spiro atoms. The second-order valence-electron chi connectivity index (χ2n) is 2.48. The van der Waals surface area contributed by atoms with Gasteiger partial charge in [-0.15, -0.1) is 0 Å². The van der Waals surface area contributed by atoms with Crippen LogP contribution in [0.2, 0.25) is 0 Å². The molecule has 1 N–H and O–H groups in total. The molecule has 1 rings (SSSR count). The maximum Gasteiger partial charge on any atom is 0.310 e. The molecule has 68 valence electrons.